The van der Waals surface area contributed by atoms with E-state index in [1.165, 1.54) is 17.5 Å². The maximum Gasteiger partial charge on any atom is 0.241 e. The molecule has 0 aromatic carbocycles. The topological polar surface area (TPSA) is 95.1 Å². The van der Waals surface area contributed by atoms with Gasteiger partial charge in [0.1, 0.15) is 6.54 Å². The summed E-state index contributed by atoms with van der Waals surface area (Å²) < 4.78 is 6.89. The van der Waals surface area contributed by atoms with Gasteiger partial charge in [0.2, 0.25) is 5.91 Å². The second-order valence-electron chi connectivity index (χ2n) is 4.48. The molecule has 1 aromatic heterocycles. The average molecular weight is 253 g/mol. The van der Waals surface area contributed by atoms with Gasteiger partial charge in [0.05, 0.1) is 18.5 Å². The summed E-state index contributed by atoms with van der Waals surface area (Å²) >= 11 is 0. The lowest BCUT2D eigenvalue weighted by Crippen LogP contribution is -2.30. The van der Waals surface area contributed by atoms with Crippen molar-refractivity contribution in [3.8, 4) is 0 Å². The molecule has 18 heavy (non-hydrogen) atoms. The fourth-order valence-corrected chi connectivity index (χ4v) is 1.51. The molecule has 0 spiro atoms. The van der Waals surface area contributed by atoms with Crippen LogP contribution >= 0.6 is 0 Å². The number of nitrogens with one attached hydrogen (secondary N) is 1. The molecule has 7 heteroatoms. The molecule has 2 rings (SSSR count). The Labute approximate surface area is 106 Å². The van der Waals surface area contributed by atoms with Crippen LogP contribution in [0.1, 0.15) is 18.5 Å². The van der Waals surface area contributed by atoms with Gasteiger partial charge in [0.15, 0.2) is 0 Å². The molecular weight excluding hydrogens is 234 g/mol. The SMILES string of the molecule is NCc1cn(CC(=O)NCCOCC2CC2)nn1. The first-order chi connectivity index (χ1) is 8.78. The number of rotatable bonds is 8. The molecule has 0 bridgehead atoms. The number of carbonyl (C=O) groups excluding carboxylic acids is 1. The minimum Gasteiger partial charge on any atom is -0.379 e. The van der Waals surface area contributed by atoms with E-state index in [0.29, 0.717) is 25.4 Å². The van der Waals surface area contributed by atoms with Crippen molar-refractivity contribution in [3.63, 3.8) is 0 Å². The normalized spacial score (nSPS) is 14.7. The Hall–Kier alpha value is -1.47. The Balaban J connectivity index is 1.56. The largest absolute Gasteiger partial charge is 0.379 e. The molecule has 3 N–H and O–H groups in total. The maximum absolute atomic E-state index is 11.5. The van der Waals surface area contributed by atoms with E-state index in [1.807, 2.05) is 0 Å². The highest BCUT2D eigenvalue weighted by atomic mass is 16.5. The predicted octanol–water partition coefficient (Wildman–Crippen LogP) is -0.720. The van der Waals surface area contributed by atoms with Crippen molar-refractivity contribution >= 4 is 5.91 Å². The number of hydrogen-bond acceptors (Lipinski definition) is 5. The smallest absolute Gasteiger partial charge is 0.241 e. The third-order valence-electron chi connectivity index (χ3n) is 2.72. The second-order valence-corrected chi connectivity index (χ2v) is 4.48. The van der Waals surface area contributed by atoms with Crippen molar-refractivity contribution in [3.05, 3.63) is 11.9 Å². The third-order valence-corrected chi connectivity index (χ3v) is 2.72. The molecule has 1 saturated carbocycles. The van der Waals surface area contributed by atoms with Gasteiger partial charge in [-0.2, -0.15) is 0 Å². The summed E-state index contributed by atoms with van der Waals surface area (Å²) in [5.74, 6) is 0.657. The fraction of sp³-hybridized carbons (Fsp3) is 0.727. The van der Waals surface area contributed by atoms with Crippen LogP contribution in [-0.4, -0.2) is 40.7 Å². The van der Waals surface area contributed by atoms with Crippen molar-refractivity contribution in [2.24, 2.45) is 11.7 Å². The first kappa shape index (κ1) is 13.0. The standard InChI is InChI=1S/C11H19N5O2/c12-5-10-6-16(15-14-10)7-11(17)13-3-4-18-8-9-1-2-9/h6,9H,1-5,7-8,12H2,(H,13,17). The minimum atomic E-state index is -0.0986. The number of aromatic nitrogens is 3. The van der Waals surface area contributed by atoms with Gasteiger partial charge in [0, 0.05) is 19.7 Å². The van der Waals surface area contributed by atoms with Crippen molar-refractivity contribution in [2.75, 3.05) is 19.8 Å². The van der Waals surface area contributed by atoms with E-state index in [4.69, 9.17) is 10.5 Å². The van der Waals surface area contributed by atoms with Gasteiger partial charge >= 0.3 is 0 Å². The minimum absolute atomic E-state index is 0.0986. The van der Waals surface area contributed by atoms with Crippen LogP contribution in [0.25, 0.3) is 0 Å². The second kappa shape index (κ2) is 6.46. The number of ether oxygens (including phenoxy) is 1. The monoisotopic (exact) mass is 253 g/mol. The van der Waals surface area contributed by atoms with Gasteiger partial charge in [-0.25, -0.2) is 4.68 Å². The molecule has 0 radical (unpaired) electrons. The summed E-state index contributed by atoms with van der Waals surface area (Å²) in [7, 11) is 0. The lowest BCUT2D eigenvalue weighted by Gasteiger charge is -2.05. The van der Waals surface area contributed by atoms with Gasteiger partial charge in [-0.3, -0.25) is 4.79 Å². The molecule has 100 valence electrons. The van der Waals surface area contributed by atoms with Gasteiger partial charge in [-0.05, 0) is 18.8 Å². The van der Waals surface area contributed by atoms with Gasteiger partial charge in [-0.15, -0.1) is 5.10 Å². The summed E-state index contributed by atoms with van der Waals surface area (Å²) in [5, 5.41) is 10.4. The zero-order chi connectivity index (χ0) is 12.8. The highest BCUT2D eigenvalue weighted by Gasteiger charge is 2.20. The van der Waals surface area contributed by atoms with Crippen LogP contribution in [0.15, 0.2) is 6.20 Å². The highest BCUT2D eigenvalue weighted by Crippen LogP contribution is 2.28. The van der Waals surface area contributed by atoms with Gasteiger partial charge < -0.3 is 15.8 Å². The Morgan fingerprint density at radius 3 is 3.11 bits per heavy atom. The first-order valence-corrected chi connectivity index (χ1v) is 6.21. The van der Waals surface area contributed by atoms with E-state index >= 15 is 0 Å². The lowest BCUT2D eigenvalue weighted by molar-refractivity contribution is -0.122. The van der Waals surface area contributed by atoms with E-state index in [9.17, 15) is 4.79 Å². The Bertz CT molecular complexity index is 389. The molecule has 0 aliphatic heterocycles. The molecule has 1 aliphatic rings. The molecule has 1 aliphatic carbocycles. The molecule has 7 nitrogen and oxygen atoms in total. The van der Waals surface area contributed by atoms with Crippen LogP contribution in [0.5, 0.6) is 0 Å². The average Bonchev–Trinajstić information content (AvgIpc) is 3.07. The molecule has 0 atom stereocenters. The summed E-state index contributed by atoms with van der Waals surface area (Å²) in [6, 6.07) is 0. The number of carbonyl (C=O) groups is 1. The quantitative estimate of drug-likeness (QED) is 0.596. The van der Waals surface area contributed by atoms with Crippen LogP contribution in [0, 0.1) is 5.92 Å². The Morgan fingerprint density at radius 1 is 1.61 bits per heavy atom. The molecule has 1 amide bonds. The predicted molar refractivity (Wildman–Crippen MR) is 64.5 cm³/mol. The van der Waals surface area contributed by atoms with Crippen LogP contribution in [0.2, 0.25) is 0 Å². The summed E-state index contributed by atoms with van der Waals surface area (Å²) in [4.78, 5) is 11.5. The van der Waals surface area contributed by atoms with Crippen LogP contribution in [-0.2, 0) is 22.6 Å². The Morgan fingerprint density at radius 2 is 2.44 bits per heavy atom. The van der Waals surface area contributed by atoms with E-state index in [0.717, 1.165) is 12.5 Å². The summed E-state index contributed by atoms with van der Waals surface area (Å²) in [6.07, 6.45) is 4.23. The summed E-state index contributed by atoms with van der Waals surface area (Å²) in [6.45, 7) is 2.41. The molecule has 1 fully saturated rings. The zero-order valence-electron chi connectivity index (χ0n) is 10.3. The molecule has 1 heterocycles. The van der Waals surface area contributed by atoms with E-state index in [-0.39, 0.29) is 12.5 Å². The first-order valence-electron chi connectivity index (χ1n) is 6.21. The van der Waals surface area contributed by atoms with Gasteiger partial charge in [-0.1, -0.05) is 5.21 Å². The Kier molecular flexibility index (Phi) is 4.66. The van der Waals surface area contributed by atoms with E-state index in [2.05, 4.69) is 15.6 Å². The number of amides is 1. The van der Waals surface area contributed by atoms with Crippen molar-refractivity contribution in [2.45, 2.75) is 25.9 Å². The van der Waals surface area contributed by atoms with E-state index < -0.39 is 0 Å². The molecular formula is C11H19N5O2. The molecule has 0 unspecified atom stereocenters. The molecule has 1 aromatic rings. The van der Waals surface area contributed by atoms with E-state index in [1.54, 1.807) is 6.20 Å². The lowest BCUT2D eigenvalue weighted by atomic mass is 10.5. The number of nitrogens with zero attached hydrogens (tertiary/aromatic N) is 3. The van der Waals surface area contributed by atoms with Gasteiger partial charge in [0.25, 0.3) is 0 Å². The third kappa shape index (κ3) is 4.42. The van der Waals surface area contributed by atoms with Crippen LogP contribution in [0.3, 0.4) is 0 Å². The number of hydrogen-bond donors (Lipinski definition) is 2. The van der Waals surface area contributed by atoms with Crippen molar-refractivity contribution in [1.82, 2.24) is 20.3 Å². The zero-order valence-corrected chi connectivity index (χ0v) is 10.3. The van der Waals surface area contributed by atoms with Crippen LogP contribution in [0.4, 0.5) is 0 Å². The number of nitrogens with two attached hydrogens (primary N) is 1. The molecule has 0 saturated heterocycles. The maximum atomic E-state index is 11.5. The van der Waals surface area contributed by atoms with Crippen molar-refractivity contribution < 1.29 is 9.53 Å². The van der Waals surface area contributed by atoms with Crippen LogP contribution < -0.4 is 11.1 Å². The van der Waals surface area contributed by atoms with Crippen molar-refractivity contribution in [1.29, 1.82) is 0 Å². The summed E-state index contributed by atoms with van der Waals surface area (Å²) in [5.41, 5.74) is 6.08. The highest BCUT2D eigenvalue weighted by molar-refractivity contribution is 5.75. The fourth-order valence-electron chi connectivity index (χ4n) is 1.51.